The average Bonchev–Trinajstić information content (AvgIpc) is 2.40. The molecule has 0 aliphatic heterocycles. The van der Waals surface area contributed by atoms with Gasteiger partial charge in [0.1, 0.15) is 5.75 Å². The second-order valence-corrected chi connectivity index (χ2v) is 8.68. The largest absolute Gasteiger partial charge is 0.506 e. The molecule has 0 amide bonds. The zero-order valence-electron chi connectivity index (χ0n) is 11.3. The van der Waals surface area contributed by atoms with E-state index in [1.165, 1.54) is 0 Å². The predicted molar refractivity (Wildman–Crippen MR) is 102 cm³/mol. The van der Waals surface area contributed by atoms with Crippen molar-refractivity contribution in [2.75, 3.05) is 5.73 Å². The topological polar surface area (TPSA) is 46.2 Å². The van der Waals surface area contributed by atoms with E-state index in [0.717, 1.165) is 20.1 Å². The first-order chi connectivity index (χ1) is 9.64. The quantitative estimate of drug-likeness (QED) is 0.435. The number of phenolic OH excluding ortho intramolecular Hbond substituents is 1. The van der Waals surface area contributed by atoms with Crippen molar-refractivity contribution < 1.29 is 5.11 Å². The zero-order chi connectivity index (χ0) is 15.9. The Kier molecular flexibility index (Phi) is 5.13. The number of hydrogen-bond donors (Lipinski definition) is 2. The van der Waals surface area contributed by atoms with Gasteiger partial charge in [0.15, 0.2) is 0 Å². The summed E-state index contributed by atoms with van der Waals surface area (Å²) < 4.78 is 3.04. The summed E-state index contributed by atoms with van der Waals surface area (Å²) >= 11 is 13.7. The number of phenols is 1. The summed E-state index contributed by atoms with van der Waals surface area (Å²) in [6.07, 6.45) is 0. The highest BCUT2D eigenvalue weighted by molar-refractivity contribution is 9.11. The maximum absolute atomic E-state index is 9.87. The molecule has 6 heteroatoms. The van der Waals surface area contributed by atoms with E-state index in [2.05, 4.69) is 77.6 Å². The molecule has 0 spiro atoms. The normalized spacial score (nSPS) is 11.7. The Hall–Kier alpha value is -0.0400. The zero-order valence-corrected chi connectivity index (χ0v) is 17.7. The summed E-state index contributed by atoms with van der Waals surface area (Å²) in [6, 6.07) is 7.90. The lowest BCUT2D eigenvalue weighted by Crippen LogP contribution is -2.19. The van der Waals surface area contributed by atoms with Crippen molar-refractivity contribution in [2.45, 2.75) is 19.3 Å². The fourth-order valence-corrected chi connectivity index (χ4v) is 4.41. The molecule has 0 aromatic heterocycles. The smallest absolute Gasteiger partial charge is 0.143 e. The van der Waals surface area contributed by atoms with Crippen LogP contribution in [0.5, 0.6) is 5.75 Å². The van der Waals surface area contributed by atoms with E-state index in [4.69, 9.17) is 5.73 Å². The molecule has 0 atom stereocenters. The summed E-state index contributed by atoms with van der Waals surface area (Å²) in [4.78, 5) is 0. The van der Waals surface area contributed by atoms with Crippen LogP contribution in [0.25, 0.3) is 0 Å². The van der Waals surface area contributed by atoms with Crippen LogP contribution in [-0.4, -0.2) is 5.11 Å². The molecule has 0 radical (unpaired) electrons. The molecule has 21 heavy (non-hydrogen) atoms. The molecule has 0 saturated heterocycles. The van der Waals surface area contributed by atoms with Gasteiger partial charge in [-0.1, -0.05) is 13.8 Å². The Morgan fingerprint density at radius 2 is 1.14 bits per heavy atom. The van der Waals surface area contributed by atoms with Gasteiger partial charge in [0.05, 0.1) is 14.6 Å². The third-order valence-corrected chi connectivity index (χ3v) is 6.06. The van der Waals surface area contributed by atoms with Crippen molar-refractivity contribution in [3.05, 3.63) is 53.3 Å². The number of nitrogens with two attached hydrogens (primary N) is 1. The summed E-state index contributed by atoms with van der Waals surface area (Å²) in [6.45, 7) is 4.26. The number of halogens is 4. The summed E-state index contributed by atoms with van der Waals surface area (Å²) in [7, 11) is 0. The van der Waals surface area contributed by atoms with Crippen LogP contribution < -0.4 is 5.73 Å². The number of anilines is 1. The molecule has 2 aromatic carbocycles. The first-order valence-corrected chi connectivity index (χ1v) is 9.25. The molecule has 2 aromatic rings. The number of benzene rings is 2. The summed E-state index contributed by atoms with van der Waals surface area (Å²) in [5, 5.41) is 9.87. The highest BCUT2D eigenvalue weighted by atomic mass is 79.9. The first kappa shape index (κ1) is 17.3. The summed E-state index contributed by atoms with van der Waals surface area (Å²) in [5.41, 5.74) is 8.57. The molecule has 0 unspecified atom stereocenters. The van der Waals surface area contributed by atoms with Gasteiger partial charge in [0, 0.05) is 14.4 Å². The van der Waals surface area contributed by atoms with E-state index in [-0.39, 0.29) is 11.2 Å². The predicted octanol–water partition coefficient (Wildman–Crippen LogP) is 6.35. The molecule has 0 bridgehead atoms. The van der Waals surface area contributed by atoms with Crippen LogP contribution in [0.1, 0.15) is 25.0 Å². The minimum atomic E-state index is -0.252. The minimum Gasteiger partial charge on any atom is -0.506 e. The Bertz CT molecular complexity index is 607. The van der Waals surface area contributed by atoms with E-state index in [9.17, 15) is 5.11 Å². The average molecular weight is 543 g/mol. The van der Waals surface area contributed by atoms with Gasteiger partial charge < -0.3 is 10.8 Å². The molecule has 2 nitrogen and oxygen atoms in total. The highest BCUT2D eigenvalue weighted by Gasteiger charge is 2.26. The molecular weight excluding hydrogens is 530 g/mol. The molecule has 0 heterocycles. The van der Waals surface area contributed by atoms with Gasteiger partial charge in [-0.25, -0.2) is 0 Å². The lowest BCUT2D eigenvalue weighted by atomic mass is 9.78. The Morgan fingerprint density at radius 1 is 0.810 bits per heavy atom. The molecule has 112 valence electrons. The molecule has 0 fully saturated rings. The van der Waals surface area contributed by atoms with Gasteiger partial charge in [-0.2, -0.15) is 0 Å². The Morgan fingerprint density at radius 3 is 1.52 bits per heavy atom. The van der Waals surface area contributed by atoms with Gasteiger partial charge in [-0.15, -0.1) is 0 Å². The van der Waals surface area contributed by atoms with Gasteiger partial charge in [-0.3, -0.25) is 0 Å². The van der Waals surface area contributed by atoms with E-state index in [0.29, 0.717) is 14.6 Å². The molecule has 0 aliphatic carbocycles. The molecule has 0 saturated carbocycles. The van der Waals surface area contributed by atoms with Crippen molar-refractivity contribution in [1.29, 1.82) is 0 Å². The number of hydrogen-bond acceptors (Lipinski definition) is 2. The standard InChI is InChI=1S/C15H13Br4NO/c1-15(2,7-3-9(16)13(20)10(17)4-7)8-5-11(18)14(21)12(19)6-8/h3-6,21H,20H2,1-2H3. The lowest BCUT2D eigenvalue weighted by molar-refractivity contribution is 0.467. The van der Waals surface area contributed by atoms with E-state index < -0.39 is 0 Å². The van der Waals surface area contributed by atoms with Crippen LogP contribution in [0, 0.1) is 0 Å². The number of nitrogen functional groups attached to an aromatic ring is 1. The van der Waals surface area contributed by atoms with Crippen molar-refractivity contribution in [3.8, 4) is 5.75 Å². The van der Waals surface area contributed by atoms with Crippen LogP contribution in [-0.2, 0) is 5.41 Å². The van der Waals surface area contributed by atoms with Crippen LogP contribution in [0.4, 0.5) is 5.69 Å². The molecule has 2 rings (SSSR count). The second-order valence-electron chi connectivity index (χ2n) is 5.27. The molecule has 0 aliphatic rings. The fourth-order valence-electron chi connectivity index (χ4n) is 2.04. The minimum absolute atomic E-state index is 0.203. The number of aromatic hydroxyl groups is 1. The van der Waals surface area contributed by atoms with Gasteiger partial charge in [0.2, 0.25) is 0 Å². The van der Waals surface area contributed by atoms with E-state index >= 15 is 0 Å². The van der Waals surface area contributed by atoms with E-state index in [1.807, 2.05) is 24.3 Å². The van der Waals surface area contributed by atoms with Crippen molar-refractivity contribution in [1.82, 2.24) is 0 Å². The maximum atomic E-state index is 9.87. The van der Waals surface area contributed by atoms with Crippen molar-refractivity contribution >= 4 is 69.4 Å². The Balaban J connectivity index is 2.61. The monoisotopic (exact) mass is 539 g/mol. The van der Waals surface area contributed by atoms with Crippen LogP contribution in [0.2, 0.25) is 0 Å². The second kappa shape index (κ2) is 6.22. The van der Waals surface area contributed by atoms with Gasteiger partial charge >= 0.3 is 0 Å². The van der Waals surface area contributed by atoms with Gasteiger partial charge in [-0.05, 0) is 99.1 Å². The van der Waals surface area contributed by atoms with Gasteiger partial charge in [0.25, 0.3) is 0 Å². The SMILES string of the molecule is CC(C)(c1cc(Br)c(N)c(Br)c1)c1cc(Br)c(O)c(Br)c1. The van der Waals surface area contributed by atoms with E-state index in [1.54, 1.807) is 0 Å². The van der Waals surface area contributed by atoms with Crippen LogP contribution in [0.15, 0.2) is 42.2 Å². The maximum Gasteiger partial charge on any atom is 0.143 e. The van der Waals surface area contributed by atoms with Crippen molar-refractivity contribution in [3.63, 3.8) is 0 Å². The molecular formula is C15H13Br4NO. The van der Waals surface area contributed by atoms with Crippen LogP contribution >= 0.6 is 63.7 Å². The third-order valence-electron chi connectivity index (χ3n) is 3.54. The Labute approximate surface area is 157 Å². The third kappa shape index (κ3) is 3.33. The molecule has 3 N–H and O–H groups in total. The highest BCUT2D eigenvalue weighted by Crippen LogP contribution is 2.42. The lowest BCUT2D eigenvalue weighted by Gasteiger charge is -2.28. The number of rotatable bonds is 2. The first-order valence-electron chi connectivity index (χ1n) is 6.08. The van der Waals surface area contributed by atoms with Crippen molar-refractivity contribution in [2.24, 2.45) is 0 Å². The summed E-state index contributed by atoms with van der Waals surface area (Å²) in [5.74, 6) is 0.203. The van der Waals surface area contributed by atoms with Crippen LogP contribution in [0.3, 0.4) is 0 Å². The fraction of sp³-hybridized carbons (Fsp3) is 0.200.